The van der Waals surface area contributed by atoms with Crippen molar-refractivity contribution in [2.75, 3.05) is 36.4 Å². The van der Waals surface area contributed by atoms with E-state index in [0.717, 1.165) is 5.69 Å². The first-order valence-electron chi connectivity index (χ1n) is 11.8. The number of non-ortho nitro benzene ring substituents is 1. The quantitative estimate of drug-likeness (QED) is 0.328. The number of carbonyl (C=O) groups excluding carboxylic acids is 2. The van der Waals surface area contributed by atoms with E-state index in [0.29, 0.717) is 47.6 Å². The Labute approximate surface area is 223 Å². The number of anilines is 2. The molecule has 3 aromatic rings. The van der Waals surface area contributed by atoms with Crippen molar-refractivity contribution in [3.8, 4) is 0 Å². The average Bonchev–Trinajstić information content (AvgIpc) is 3.37. The molecular formula is C25H27ClN6O4S. The monoisotopic (exact) mass is 542 g/mol. The second-order valence-electron chi connectivity index (χ2n) is 8.84. The number of urea groups is 1. The fourth-order valence-corrected chi connectivity index (χ4v) is 4.85. The van der Waals surface area contributed by atoms with Crippen molar-refractivity contribution in [2.45, 2.75) is 26.4 Å². The number of hydrogen-bond acceptors (Lipinski definition) is 7. The van der Waals surface area contributed by atoms with Crippen LogP contribution in [0.5, 0.6) is 0 Å². The van der Waals surface area contributed by atoms with Crippen LogP contribution in [0.2, 0.25) is 5.02 Å². The molecule has 1 fully saturated rings. The van der Waals surface area contributed by atoms with E-state index in [9.17, 15) is 19.7 Å². The van der Waals surface area contributed by atoms with Gasteiger partial charge in [-0.2, -0.15) is 0 Å². The number of nitrogens with zero attached hydrogens (tertiary/aromatic N) is 5. The summed E-state index contributed by atoms with van der Waals surface area (Å²) < 4.78 is 0. The summed E-state index contributed by atoms with van der Waals surface area (Å²) in [6.07, 6.45) is 0. The molecule has 0 atom stereocenters. The van der Waals surface area contributed by atoms with E-state index < -0.39 is 4.92 Å². The van der Waals surface area contributed by atoms with E-state index in [2.05, 4.69) is 15.2 Å². The van der Waals surface area contributed by atoms with Gasteiger partial charge >= 0.3 is 6.03 Å². The van der Waals surface area contributed by atoms with Crippen LogP contribution in [0, 0.1) is 10.1 Å². The molecule has 0 unspecified atom stereocenters. The largest absolute Gasteiger partial charge is 0.368 e. The minimum atomic E-state index is -0.422. The van der Waals surface area contributed by atoms with Crippen molar-refractivity contribution < 1.29 is 14.5 Å². The van der Waals surface area contributed by atoms with Gasteiger partial charge < -0.3 is 20.0 Å². The van der Waals surface area contributed by atoms with Crippen LogP contribution in [0.25, 0.3) is 0 Å². The number of amides is 3. The summed E-state index contributed by atoms with van der Waals surface area (Å²) in [7, 11) is 0. The van der Waals surface area contributed by atoms with Crippen LogP contribution >= 0.6 is 22.9 Å². The second-order valence-corrected chi connectivity index (χ2v) is 10.2. The van der Waals surface area contributed by atoms with Crippen molar-refractivity contribution in [1.29, 1.82) is 0 Å². The predicted octanol–water partition coefficient (Wildman–Crippen LogP) is 5.11. The Bertz CT molecular complexity index is 1260. The molecule has 2 heterocycles. The molecule has 4 rings (SSSR count). The van der Waals surface area contributed by atoms with Gasteiger partial charge in [0.1, 0.15) is 10.7 Å². The zero-order chi connectivity index (χ0) is 26.5. The van der Waals surface area contributed by atoms with Gasteiger partial charge in [-0.25, -0.2) is 9.78 Å². The number of thiazole rings is 1. The van der Waals surface area contributed by atoms with Gasteiger partial charge in [-0.3, -0.25) is 14.9 Å². The molecule has 10 nitrogen and oxygen atoms in total. The lowest BCUT2D eigenvalue weighted by Crippen LogP contribution is -2.48. The van der Waals surface area contributed by atoms with E-state index in [4.69, 9.17) is 11.6 Å². The molecule has 0 radical (unpaired) electrons. The van der Waals surface area contributed by atoms with Gasteiger partial charge in [-0.1, -0.05) is 11.6 Å². The highest BCUT2D eigenvalue weighted by Crippen LogP contribution is 2.22. The molecule has 1 aromatic heterocycles. The lowest BCUT2D eigenvalue weighted by atomic mass is 10.2. The number of rotatable bonds is 7. The number of halogens is 1. The number of piperazine rings is 1. The smallest absolute Gasteiger partial charge is 0.322 e. The van der Waals surface area contributed by atoms with Crippen LogP contribution in [-0.4, -0.2) is 63.9 Å². The lowest BCUT2D eigenvalue weighted by molar-refractivity contribution is -0.384. The number of benzene rings is 2. The number of aromatic nitrogens is 1. The van der Waals surface area contributed by atoms with Crippen LogP contribution in [0.3, 0.4) is 0 Å². The Morgan fingerprint density at radius 3 is 2.35 bits per heavy atom. The Hall–Kier alpha value is -3.70. The van der Waals surface area contributed by atoms with Crippen LogP contribution in [0.1, 0.15) is 29.3 Å². The first-order valence-corrected chi connectivity index (χ1v) is 13.0. The third kappa shape index (κ3) is 6.55. The highest BCUT2D eigenvalue weighted by atomic mass is 35.5. The van der Waals surface area contributed by atoms with Crippen molar-refractivity contribution in [2.24, 2.45) is 0 Å². The molecule has 12 heteroatoms. The SMILES string of the molecule is CC(C)N(Cc1nc(C(=O)N2CCN(c3ccc([N+](=O)[O-])cc3)CC2)cs1)C(=O)Nc1ccc(Cl)cc1. The standard InChI is InChI=1S/C25H27ClN6O4S/c1-17(2)31(25(34)27-19-5-3-18(26)4-6-19)15-23-28-22(16-37-23)24(33)30-13-11-29(12-14-30)20-7-9-21(10-8-20)32(35)36/h3-10,16-17H,11-15H2,1-2H3,(H,27,34). The molecule has 2 aromatic carbocycles. The lowest BCUT2D eigenvalue weighted by Gasteiger charge is -2.35. The molecule has 0 bridgehead atoms. The normalized spacial score (nSPS) is 13.5. The molecule has 0 saturated carbocycles. The molecule has 1 aliphatic rings. The van der Waals surface area contributed by atoms with Crippen LogP contribution in [-0.2, 0) is 6.54 Å². The van der Waals surface area contributed by atoms with Crippen LogP contribution in [0.4, 0.5) is 21.9 Å². The van der Waals surface area contributed by atoms with Gasteiger partial charge in [0.05, 0.1) is 11.5 Å². The summed E-state index contributed by atoms with van der Waals surface area (Å²) in [5, 5.41) is 16.7. The van der Waals surface area contributed by atoms with Gasteiger partial charge in [-0.15, -0.1) is 11.3 Å². The molecule has 194 valence electrons. The minimum absolute atomic E-state index is 0.0513. The fourth-order valence-electron chi connectivity index (χ4n) is 3.96. The van der Waals surface area contributed by atoms with Gasteiger partial charge in [0, 0.05) is 66.1 Å². The Morgan fingerprint density at radius 2 is 1.76 bits per heavy atom. The Kier molecular flexibility index (Phi) is 8.24. The van der Waals surface area contributed by atoms with E-state index >= 15 is 0 Å². The summed E-state index contributed by atoms with van der Waals surface area (Å²) in [5.74, 6) is -0.146. The molecule has 3 amide bonds. The maximum atomic E-state index is 13.1. The molecule has 37 heavy (non-hydrogen) atoms. The summed E-state index contributed by atoms with van der Waals surface area (Å²) in [6.45, 7) is 6.40. The van der Waals surface area contributed by atoms with E-state index in [-0.39, 0.29) is 30.2 Å². The molecule has 1 N–H and O–H groups in total. The number of nitro benzene ring substituents is 1. The first-order chi connectivity index (χ1) is 17.7. The molecular weight excluding hydrogens is 516 g/mol. The van der Waals surface area contributed by atoms with Crippen LogP contribution < -0.4 is 10.2 Å². The van der Waals surface area contributed by atoms with E-state index in [1.165, 1.54) is 23.5 Å². The summed E-state index contributed by atoms with van der Waals surface area (Å²) in [5.41, 5.74) is 1.95. The van der Waals surface area contributed by atoms with Gasteiger partial charge in [0.15, 0.2) is 0 Å². The second kappa shape index (κ2) is 11.6. The van der Waals surface area contributed by atoms with Crippen molar-refractivity contribution >= 4 is 51.9 Å². The maximum absolute atomic E-state index is 13.1. The average molecular weight is 543 g/mol. The zero-order valence-electron chi connectivity index (χ0n) is 20.5. The first kappa shape index (κ1) is 26.4. The summed E-state index contributed by atoms with van der Waals surface area (Å²) in [4.78, 5) is 46.4. The predicted molar refractivity (Wildman–Crippen MR) is 144 cm³/mol. The van der Waals surface area contributed by atoms with Gasteiger partial charge in [0.2, 0.25) is 0 Å². The molecule has 1 saturated heterocycles. The minimum Gasteiger partial charge on any atom is -0.368 e. The maximum Gasteiger partial charge on any atom is 0.322 e. The van der Waals surface area contributed by atoms with Crippen molar-refractivity contribution in [3.05, 3.63) is 79.7 Å². The highest BCUT2D eigenvalue weighted by molar-refractivity contribution is 7.09. The zero-order valence-corrected chi connectivity index (χ0v) is 22.0. The topological polar surface area (TPSA) is 112 Å². The third-order valence-electron chi connectivity index (χ3n) is 6.05. The Morgan fingerprint density at radius 1 is 1.11 bits per heavy atom. The van der Waals surface area contributed by atoms with E-state index in [1.54, 1.807) is 51.6 Å². The Balaban J connectivity index is 1.34. The number of nitro groups is 1. The van der Waals surface area contributed by atoms with Crippen molar-refractivity contribution in [3.63, 3.8) is 0 Å². The number of carbonyl (C=O) groups is 2. The number of hydrogen-bond donors (Lipinski definition) is 1. The van der Waals surface area contributed by atoms with Crippen LogP contribution in [0.15, 0.2) is 53.9 Å². The molecule has 1 aliphatic heterocycles. The summed E-state index contributed by atoms with van der Waals surface area (Å²) in [6, 6.07) is 13.0. The van der Waals surface area contributed by atoms with Crippen molar-refractivity contribution in [1.82, 2.24) is 14.8 Å². The molecule has 0 aliphatic carbocycles. The third-order valence-corrected chi connectivity index (χ3v) is 7.13. The molecule has 0 spiro atoms. The summed E-state index contributed by atoms with van der Waals surface area (Å²) >= 11 is 7.27. The fraction of sp³-hybridized carbons (Fsp3) is 0.320. The van der Waals surface area contributed by atoms with Gasteiger partial charge in [0.25, 0.3) is 11.6 Å². The highest BCUT2D eigenvalue weighted by Gasteiger charge is 2.25. The van der Waals surface area contributed by atoms with Gasteiger partial charge in [-0.05, 0) is 50.2 Å². The van der Waals surface area contributed by atoms with E-state index in [1.807, 2.05) is 13.8 Å². The number of nitrogens with one attached hydrogen (secondary N) is 1.